The van der Waals surface area contributed by atoms with Crippen molar-refractivity contribution >= 4 is 23.4 Å². The molecule has 0 aliphatic heterocycles. The molecule has 0 atom stereocenters. The predicted octanol–water partition coefficient (Wildman–Crippen LogP) is 3.51. The molecule has 0 aliphatic rings. The largest absolute Gasteiger partial charge is 0.496 e. The van der Waals surface area contributed by atoms with Crippen LogP contribution in [-0.4, -0.2) is 25.5 Å². The van der Waals surface area contributed by atoms with Gasteiger partial charge in [0, 0.05) is 17.0 Å². The summed E-state index contributed by atoms with van der Waals surface area (Å²) >= 11 is 5.91. The van der Waals surface area contributed by atoms with E-state index < -0.39 is 0 Å². The average Bonchev–Trinajstić information content (AvgIpc) is 2.65. The molecule has 2 N–H and O–H groups in total. The number of benzene rings is 2. The number of carbonyl (C=O) groups excluding carboxylic acids is 2. The molecule has 6 nitrogen and oxygen atoms in total. The Labute approximate surface area is 170 Å². The van der Waals surface area contributed by atoms with Crippen molar-refractivity contribution in [1.29, 1.82) is 0 Å². The number of ether oxygens (including phenoxy) is 2. The van der Waals surface area contributed by atoms with Gasteiger partial charge in [-0.25, -0.2) is 0 Å². The van der Waals surface area contributed by atoms with E-state index in [0.29, 0.717) is 23.8 Å². The molecular formula is C21H25ClN2O4. The summed E-state index contributed by atoms with van der Waals surface area (Å²) in [6, 6.07) is 11.0. The molecule has 0 radical (unpaired) electrons. The van der Waals surface area contributed by atoms with Gasteiger partial charge >= 0.3 is 0 Å². The molecule has 2 aromatic rings. The molecule has 150 valence electrons. The normalized spacial score (nSPS) is 10.3. The van der Waals surface area contributed by atoms with E-state index in [0.717, 1.165) is 22.4 Å². The molecular weight excluding hydrogens is 380 g/mol. The lowest BCUT2D eigenvalue weighted by atomic mass is 10.1. The van der Waals surface area contributed by atoms with E-state index in [1.165, 1.54) is 0 Å². The Balaban J connectivity index is 1.69. The van der Waals surface area contributed by atoms with E-state index in [-0.39, 0.29) is 24.7 Å². The van der Waals surface area contributed by atoms with E-state index >= 15 is 0 Å². The topological polar surface area (TPSA) is 76.7 Å². The number of amides is 2. The molecule has 0 unspecified atom stereocenters. The summed E-state index contributed by atoms with van der Waals surface area (Å²) in [6.45, 7) is 4.24. The Kier molecular flexibility index (Phi) is 8.14. The highest BCUT2D eigenvalue weighted by atomic mass is 35.5. The molecule has 0 saturated carbocycles. The van der Waals surface area contributed by atoms with E-state index in [4.69, 9.17) is 21.1 Å². The third-order valence-corrected chi connectivity index (χ3v) is 4.31. The lowest BCUT2D eigenvalue weighted by Gasteiger charge is -2.11. The van der Waals surface area contributed by atoms with Crippen LogP contribution < -0.4 is 20.3 Å². The SMILES string of the molecule is COc1ccc(C)cc1CC(=O)NNC(=O)CCCOc1ccc(Cl)cc1C. The van der Waals surface area contributed by atoms with Crippen LogP contribution in [0.25, 0.3) is 0 Å². The van der Waals surface area contributed by atoms with Crippen LogP contribution in [0.4, 0.5) is 0 Å². The van der Waals surface area contributed by atoms with E-state index in [1.807, 2.05) is 38.1 Å². The van der Waals surface area contributed by atoms with Crippen LogP contribution in [-0.2, 0) is 16.0 Å². The van der Waals surface area contributed by atoms with Gasteiger partial charge in [-0.1, -0.05) is 29.3 Å². The molecule has 7 heteroatoms. The van der Waals surface area contributed by atoms with Crippen molar-refractivity contribution in [2.75, 3.05) is 13.7 Å². The van der Waals surface area contributed by atoms with E-state index in [1.54, 1.807) is 19.2 Å². The summed E-state index contributed by atoms with van der Waals surface area (Å²) in [7, 11) is 1.56. The van der Waals surface area contributed by atoms with Gasteiger partial charge in [-0.15, -0.1) is 0 Å². The maximum absolute atomic E-state index is 12.1. The summed E-state index contributed by atoms with van der Waals surface area (Å²) in [5, 5.41) is 0.656. The van der Waals surface area contributed by atoms with Crippen molar-refractivity contribution in [3.05, 3.63) is 58.1 Å². The summed E-state index contributed by atoms with van der Waals surface area (Å²) < 4.78 is 10.9. The van der Waals surface area contributed by atoms with Crippen LogP contribution in [0.3, 0.4) is 0 Å². The first-order chi connectivity index (χ1) is 13.4. The summed E-state index contributed by atoms with van der Waals surface area (Å²) in [6.07, 6.45) is 0.875. The number of carbonyl (C=O) groups is 2. The quantitative estimate of drug-likeness (QED) is 0.521. The molecule has 0 fully saturated rings. The fourth-order valence-corrected chi connectivity index (χ4v) is 2.88. The van der Waals surface area contributed by atoms with E-state index in [2.05, 4.69) is 10.9 Å². The average molecular weight is 405 g/mol. The van der Waals surface area contributed by atoms with Crippen LogP contribution in [0.5, 0.6) is 11.5 Å². The molecule has 0 aromatic heterocycles. The Morgan fingerprint density at radius 2 is 1.71 bits per heavy atom. The van der Waals surface area contributed by atoms with Crippen molar-refractivity contribution in [2.24, 2.45) is 0 Å². The number of methoxy groups -OCH3 is 1. The van der Waals surface area contributed by atoms with Gasteiger partial charge < -0.3 is 9.47 Å². The highest BCUT2D eigenvalue weighted by Gasteiger charge is 2.10. The number of nitrogens with one attached hydrogen (secondary N) is 2. The van der Waals surface area contributed by atoms with Gasteiger partial charge in [0.1, 0.15) is 11.5 Å². The van der Waals surface area contributed by atoms with Crippen molar-refractivity contribution in [3.63, 3.8) is 0 Å². The third kappa shape index (κ3) is 6.78. The Morgan fingerprint density at radius 3 is 2.43 bits per heavy atom. The number of rotatable bonds is 8. The minimum atomic E-state index is -0.315. The molecule has 28 heavy (non-hydrogen) atoms. The molecule has 2 rings (SSSR count). The minimum Gasteiger partial charge on any atom is -0.496 e. The Hall–Kier alpha value is -2.73. The van der Waals surface area contributed by atoms with Gasteiger partial charge in [-0.3, -0.25) is 20.4 Å². The molecule has 2 aromatic carbocycles. The standard InChI is InChI=1S/C21H25ClN2O4/c1-14-6-8-19(27-3)16(11-14)13-21(26)24-23-20(25)5-4-10-28-18-9-7-17(22)12-15(18)2/h6-9,11-12H,4-5,10,13H2,1-3H3,(H,23,25)(H,24,26). The lowest BCUT2D eigenvalue weighted by Crippen LogP contribution is -2.42. The summed E-state index contributed by atoms with van der Waals surface area (Å²) in [5.41, 5.74) is 7.58. The van der Waals surface area contributed by atoms with Crippen molar-refractivity contribution in [3.8, 4) is 11.5 Å². The Bertz CT molecular complexity index is 839. The van der Waals surface area contributed by atoms with Crippen LogP contribution in [0.2, 0.25) is 5.02 Å². The summed E-state index contributed by atoms with van der Waals surface area (Å²) in [4.78, 5) is 23.9. The van der Waals surface area contributed by atoms with E-state index in [9.17, 15) is 9.59 Å². The Morgan fingerprint density at radius 1 is 1.00 bits per heavy atom. The summed E-state index contributed by atoms with van der Waals surface area (Å²) in [5.74, 6) is 0.790. The first kappa shape index (κ1) is 21.6. The molecule has 0 aliphatic carbocycles. The maximum Gasteiger partial charge on any atom is 0.242 e. The van der Waals surface area contributed by atoms with Crippen molar-refractivity contribution in [1.82, 2.24) is 10.9 Å². The second-order valence-corrected chi connectivity index (χ2v) is 6.89. The van der Waals surface area contributed by atoms with Gasteiger partial charge in [0.15, 0.2) is 0 Å². The first-order valence-corrected chi connectivity index (χ1v) is 9.37. The molecule has 0 spiro atoms. The highest BCUT2D eigenvalue weighted by Crippen LogP contribution is 2.22. The number of hydrogen-bond acceptors (Lipinski definition) is 4. The van der Waals surface area contributed by atoms with Crippen LogP contribution in [0.15, 0.2) is 36.4 Å². The second-order valence-electron chi connectivity index (χ2n) is 6.45. The fourth-order valence-electron chi connectivity index (χ4n) is 2.65. The van der Waals surface area contributed by atoms with Crippen LogP contribution in [0, 0.1) is 13.8 Å². The lowest BCUT2D eigenvalue weighted by molar-refractivity contribution is -0.128. The zero-order valence-electron chi connectivity index (χ0n) is 16.3. The molecule has 0 heterocycles. The third-order valence-electron chi connectivity index (χ3n) is 4.07. The zero-order chi connectivity index (χ0) is 20.5. The number of hydrogen-bond donors (Lipinski definition) is 2. The first-order valence-electron chi connectivity index (χ1n) is 8.99. The van der Waals surface area contributed by atoms with Gasteiger partial charge in [0.2, 0.25) is 11.8 Å². The van der Waals surface area contributed by atoms with Crippen LogP contribution >= 0.6 is 11.6 Å². The monoisotopic (exact) mass is 404 g/mol. The van der Waals surface area contributed by atoms with Gasteiger partial charge in [0.05, 0.1) is 20.1 Å². The van der Waals surface area contributed by atoms with Crippen molar-refractivity contribution < 1.29 is 19.1 Å². The minimum absolute atomic E-state index is 0.115. The number of aryl methyl sites for hydroxylation is 2. The molecule has 0 bridgehead atoms. The smallest absolute Gasteiger partial charge is 0.242 e. The van der Waals surface area contributed by atoms with Crippen LogP contribution in [0.1, 0.15) is 29.5 Å². The maximum atomic E-state index is 12.1. The highest BCUT2D eigenvalue weighted by molar-refractivity contribution is 6.30. The van der Waals surface area contributed by atoms with Gasteiger partial charge in [-0.2, -0.15) is 0 Å². The number of hydrazine groups is 1. The zero-order valence-corrected chi connectivity index (χ0v) is 17.1. The molecule has 2 amide bonds. The number of halogens is 1. The second kappa shape index (κ2) is 10.6. The van der Waals surface area contributed by atoms with Gasteiger partial charge in [-0.05, 0) is 50.1 Å². The predicted molar refractivity (Wildman–Crippen MR) is 109 cm³/mol. The van der Waals surface area contributed by atoms with Crippen molar-refractivity contribution in [2.45, 2.75) is 33.1 Å². The van der Waals surface area contributed by atoms with Gasteiger partial charge in [0.25, 0.3) is 0 Å². The fraction of sp³-hybridized carbons (Fsp3) is 0.333. The molecule has 0 saturated heterocycles.